The third-order valence-corrected chi connectivity index (χ3v) is 3.70. The van der Waals surface area contributed by atoms with Crippen molar-refractivity contribution in [2.75, 3.05) is 0 Å². The van der Waals surface area contributed by atoms with E-state index in [2.05, 4.69) is 5.32 Å². The minimum Gasteiger partial charge on any atom is -0.448 e. The Morgan fingerprint density at radius 3 is 2.55 bits per heavy atom. The highest BCUT2D eigenvalue weighted by Crippen LogP contribution is 2.27. The zero-order chi connectivity index (χ0) is 15.7. The van der Waals surface area contributed by atoms with Gasteiger partial charge in [0.2, 0.25) is 0 Å². The third-order valence-electron chi connectivity index (χ3n) is 3.70. The van der Waals surface area contributed by atoms with E-state index in [1.165, 1.54) is 11.6 Å². The summed E-state index contributed by atoms with van der Waals surface area (Å²) in [6.45, 7) is 4.17. The van der Waals surface area contributed by atoms with Crippen molar-refractivity contribution in [2.24, 2.45) is 0 Å². The summed E-state index contributed by atoms with van der Waals surface area (Å²) < 4.78 is 19.1. The molecule has 3 rings (SSSR count). The quantitative estimate of drug-likeness (QED) is 0.790. The summed E-state index contributed by atoms with van der Waals surface area (Å²) in [5.41, 5.74) is 2.94. The van der Waals surface area contributed by atoms with Crippen molar-refractivity contribution in [2.45, 2.75) is 20.4 Å². The maximum absolute atomic E-state index is 13.7. The second kappa shape index (κ2) is 5.64. The molecule has 0 unspecified atom stereocenters. The van der Waals surface area contributed by atoms with Crippen LogP contribution in [0.3, 0.4) is 0 Å². The van der Waals surface area contributed by atoms with Crippen molar-refractivity contribution in [3.63, 3.8) is 0 Å². The molecule has 3 aromatic rings. The van der Waals surface area contributed by atoms with Gasteiger partial charge in [-0.2, -0.15) is 0 Å². The molecule has 0 aliphatic rings. The number of hydrogen-bond acceptors (Lipinski definition) is 2. The van der Waals surface area contributed by atoms with Crippen molar-refractivity contribution < 1.29 is 13.6 Å². The molecule has 1 N–H and O–H groups in total. The number of halogens is 1. The molecule has 0 saturated carbocycles. The molecular weight excluding hydrogens is 281 g/mol. The smallest absolute Gasteiger partial charge is 0.287 e. The Balaban J connectivity index is 1.82. The number of rotatable bonds is 3. The van der Waals surface area contributed by atoms with Gasteiger partial charge in [-0.15, -0.1) is 0 Å². The highest BCUT2D eigenvalue weighted by molar-refractivity contribution is 5.98. The van der Waals surface area contributed by atoms with Crippen LogP contribution < -0.4 is 5.32 Å². The first-order valence-electron chi connectivity index (χ1n) is 7.07. The normalized spacial score (nSPS) is 10.9. The Hall–Kier alpha value is -2.62. The molecular formula is C18H16FNO2. The molecule has 0 aliphatic carbocycles. The monoisotopic (exact) mass is 297 g/mol. The minimum absolute atomic E-state index is 0.125. The number of aryl methyl sites for hydroxylation is 2. The number of benzene rings is 2. The van der Waals surface area contributed by atoms with E-state index in [9.17, 15) is 9.18 Å². The summed E-state index contributed by atoms with van der Waals surface area (Å²) in [4.78, 5) is 12.3. The van der Waals surface area contributed by atoms with Crippen LogP contribution in [0.25, 0.3) is 11.0 Å². The zero-order valence-electron chi connectivity index (χ0n) is 12.4. The summed E-state index contributed by atoms with van der Waals surface area (Å²) >= 11 is 0. The SMILES string of the molecule is Cc1ccc(CNC(=O)c2oc3c(F)cccc3c2C)cc1. The third kappa shape index (κ3) is 2.60. The molecule has 0 spiro atoms. The minimum atomic E-state index is -0.460. The molecule has 2 aromatic carbocycles. The van der Waals surface area contributed by atoms with Crippen LogP contribution in [0.2, 0.25) is 0 Å². The number of carbonyl (C=O) groups is 1. The maximum Gasteiger partial charge on any atom is 0.287 e. The fourth-order valence-electron chi connectivity index (χ4n) is 2.39. The lowest BCUT2D eigenvalue weighted by Gasteiger charge is -2.04. The van der Waals surface area contributed by atoms with Crippen LogP contribution >= 0.6 is 0 Å². The van der Waals surface area contributed by atoms with Gasteiger partial charge >= 0.3 is 0 Å². The highest BCUT2D eigenvalue weighted by Gasteiger charge is 2.19. The van der Waals surface area contributed by atoms with Gasteiger partial charge in [0.05, 0.1) is 0 Å². The van der Waals surface area contributed by atoms with E-state index in [0.717, 1.165) is 5.56 Å². The Morgan fingerprint density at radius 1 is 1.14 bits per heavy atom. The number of fused-ring (bicyclic) bond motifs is 1. The second-order valence-electron chi connectivity index (χ2n) is 5.34. The molecule has 0 fully saturated rings. The van der Waals surface area contributed by atoms with E-state index >= 15 is 0 Å². The van der Waals surface area contributed by atoms with E-state index in [4.69, 9.17) is 4.42 Å². The average Bonchev–Trinajstić information content (AvgIpc) is 2.85. The van der Waals surface area contributed by atoms with E-state index in [1.807, 2.05) is 31.2 Å². The molecule has 0 saturated heterocycles. The molecule has 0 aliphatic heterocycles. The number of furan rings is 1. The fraction of sp³-hybridized carbons (Fsp3) is 0.167. The van der Waals surface area contributed by atoms with Crippen LogP contribution in [0.15, 0.2) is 46.9 Å². The Kier molecular flexibility index (Phi) is 3.67. The number of carbonyl (C=O) groups excluding carboxylic acids is 1. The number of para-hydroxylation sites is 1. The summed E-state index contributed by atoms with van der Waals surface area (Å²) in [5.74, 6) is -0.640. The molecule has 4 heteroatoms. The second-order valence-corrected chi connectivity index (χ2v) is 5.34. The number of amides is 1. The van der Waals surface area contributed by atoms with Gasteiger partial charge in [0.25, 0.3) is 5.91 Å². The van der Waals surface area contributed by atoms with E-state index < -0.39 is 5.82 Å². The lowest BCUT2D eigenvalue weighted by Crippen LogP contribution is -2.22. The largest absolute Gasteiger partial charge is 0.448 e. The van der Waals surface area contributed by atoms with Crippen molar-refractivity contribution >= 4 is 16.9 Å². The molecule has 1 heterocycles. The van der Waals surface area contributed by atoms with Crippen LogP contribution in [0, 0.1) is 19.7 Å². The first kappa shape index (κ1) is 14.3. The first-order valence-corrected chi connectivity index (χ1v) is 7.07. The van der Waals surface area contributed by atoms with Crippen LogP contribution in [0.1, 0.15) is 27.2 Å². The predicted molar refractivity (Wildman–Crippen MR) is 83.3 cm³/mol. The van der Waals surface area contributed by atoms with Gasteiger partial charge in [-0.1, -0.05) is 42.0 Å². The Bertz CT molecular complexity index is 834. The number of nitrogens with one attached hydrogen (secondary N) is 1. The van der Waals surface area contributed by atoms with Crippen LogP contribution in [-0.4, -0.2) is 5.91 Å². The van der Waals surface area contributed by atoms with Gasteiger partial charge in [-0.05, 0) is 25.5 Å². The van der Waals surface area contributed by atoms with Crippen molar-refractivity contribution in [3.8, 4) is 0 Å². The summed E-state index contributed by atoms with van der Waals surface area (Å²) in [7, 11) is 0. The maximum atomic E-state index is 13.7. The Morgan fingerprint density at radius 2 is 1.86 bits per heavy atom. The van der Waals surface area contributed by atoms with Gasteiger partial charge in [-0.25, -0.2) is 4.39 Å². The fourth-order valence-corrected chi connectivity index (χ4v) is 2.39. The molecule has 0 atom stereocenters. The molecule has 0 bridgehead atoms. The van der Waals surface area contributed by atoms with Gasteiger partial charge in [0.15, 0.2) is 17.2 Å². The zero-order valence-corrected chi connectivity index (χ0v) is 12.4. The van der Waals surface area contributed by atoms with E-state index in [1.54, 1.807) is 19.1 Å². The molecule has 1 amide bonds. The van der Waals surface area contributed by atoms with E-state index in [0.29, 0.717) is 17.5 Å². The van der Waals surface area contributed by atoms with Crippen molar-refractivity contribution in [3.05, 3.63) is 70.7 Å². The van der Waals surface area contributed by atoms with Crippen LogP contribution in [0.4, 0.5) is 4.39 Å². The summed E-state index contributed by atoms with van der Waals surface area (Å²) in [5, 5.41) is 3.43. The van der Waals surface area contributed by atoms with Crippen molar-refractivity contribution in [1.82, 2.24) is 5.32 Å². The van der Waals surface area contributed by atoms with Crippen LogP contribution in [0.5, 0.6) is 0 Å². The van der Waals surface area contributed by atoms with Gasteiger partial charge in [-0.3, -0.25) is 4.79 Å². The molecule has 22 heavy (non-hydrogen) atoms. The average molecular weight is 297 g/mol. The summed E-state index contributed by atoms with van der Waals surface area (Å²) in [6.07, 6.45) is 0. The number of hydrogen-bond donors (Lipinski definition) is 1. The van der Waals surface area contributed by atoms with Gasteiger partial charge < -0.3 is 9.73 Å². The predicted octanol–water partition coefficient (Wildman–Crippen LogP) is 4.12. The van der Waals surface area contributed by atoms with Crippen molar-refractivity contribution in [1.29, 1.82) is 0 Å². The lowest BCUT2D eigenvalue weighted by molar-refractivity contribution is 0.0924. The van der Waals surface area contributed by atoms with E-state index in [-0.39, 0.29) is 17.3 Å². The topological polar surface area (TPSA) is 42.2 Å². The van der Waals surface area contributed by atoms with Gasteiger partial charge in [0, 0.05) is 17.5 Å². The lowest BCUT2D eigenvalue weighted by atomic mass is 10.1. The molecule has 3 nitrogen and oxygen atoms in total. The molecule has 1 aromatic heterocycles. The highest BCUT2D eigenvalue weighted by atomic mass is 19.1. The first-order chi connectivity index (χ1) is 10.6. The summed E-state index contributed by atoms with van der Waals surface area (Å²) in [6, 6.07) is 12.6. The molecule has 112 valence electrons. The van der Waals surface area contributed by atoms with Gasteiger partial charge in [0.1, 0.15) is 0 Å². The molecule has 0 radical (unpaired) electrons. The standard InChI is InChI=1S/C18H16FNO2/c1-11-6-8-13(9-7-11)10-20-18(21)16-12(2)14-4-3-5-15(19)17(14)22-16/h3-9H,10H2,1-2H3,(H,20,21). The van der Waals surface area contributed by atoms with Crippen LogP contribution in [-0.2, 0) is 6.54 Å². The Labute approximate surface area is 127 Å².